The molecule has 0 saturated carbocycles. The molecule has 0 aliphatic heterocycles. The maximum absolute atomic E-state index is 2.42. The summed E-state index contributed by atoms with van der Waals surface area (Å²) in [5.74, 6) is 0. The van der Waals surface area contributed by atoms with Gasteiger partial charge in [-0.3, -0.25) is 0 Å². The van der Waals surface area contributed by atoms with Crippen LogP contribution in [0.1, 0.15) is 25.0 Å². The number of hydrogen-bond acceptors (Lipinski definition) is 1. The van der Waals surface area contributed by atoms with Gasteiger partial charge in [0.15, 0.2) is 0 Å². The molecule has 0 N–H and O–H groups in total. The smallest absolute Gasteiger partial charge is 0.140 e. The molecule has 1 aliphatic carbocycles. The maximum Gasteiger partial charge on any atom is 0.140 e. The highest BCUT2D eigenvalue weighted by Crippen LogP contribution is 2.51. The molecule has 6 aromatic rings. The second kappa shape index (κ2) is 9.03. The Bertz CT molecular complexity index is 1840. The summed E-state index contributed by atoms with van der Waals surface area (Å²) in [7, 11) is 2.18. The Balaban J connectivity index is 1.42. The van der Waals surface area contributed by atoms with Gasteiger partial charge in [-0.05, 0) is 69.1 Å². The summed E-state index contributed by atoms with van der Waals surface area (Å²) in [6.07, 6.45) is 0. The first kappa shape index (κ1) is 23.6. The molecule has 0 fully saturated rings. The SMILES string of the molecule is Bc1ccccc1-c1ccc(N(c2ccc3c(c2)C(C)(C)c2ccccc2-3)c2cccc3ccccc23)cc1. The lowest BCUT2D eigenvalue weighted by Crippen LogP contribution is -2.16. The predicted molar refractivity (Wildman–Crippen MR) is 170 cm³/mol. The van der Waals surface area contributed by atoms with E-state index in [9.17, 15) is 0 Å². The van der Waals surface area contributed by atoms with Crippen LogP contribution in [0.3, 0.4) is 0 Å². The Morgan fingerprint density at radius 2 is 1.18 bits per heavy atom. The molecule has 6 aromatic carbocycles. The van der Waals surface area contributed by atoms with Gasteiger partial charge in [-0.1, -0.05) is 122 Å². The fourth-order valence-electron chi connectivity index (χ4n) is 6.35. The zero-order valence-electron chi connectivity index (χ0n) is 22.6. The Hall–Kier alpha value is -4.56. The van der Waals surface area contributed by atoms with Gasteiger partial charge < -0.3 is 4.90 Å². The van der Waals surface area contributed by atoms with Crippen molar-refractivity contribution in [1.82, 2.24) is 0 Å². The largest absolute Gasteiger partial charge is 0.310 e. The fourth-order valence-corrected chi connectivity index (χ4v) is 6.35. The van der Waals surface area contributed by atoms with Gasteiger partial charge in [-0.2, -0.15) is 0 Å². The summed E-state index contributed by atoms with van der Waals surface area (Å²) in [6, 6.07) is 48.8. The highest BCUT2D eigenvalue weighted by atomic mass is 15.1. The van der Waals surface area contributed by atoms with Gasteiger partial charge in [0.2, 0.25) is 0 Å². The van der Waals surface area contributed by atoms with Crippen LogP contribution in [0.25, 0.3) is 33.0 Å². The van der Waals surface area contributed by atoms with Gasteiger partial charge in [0.25, 0.3) is 0 Å². The van der Waals surface area contributed by atoms with Crippen molar-refractivity contribution in [2.24, 2.45) is 0 Å². The molecule has 39 heavy (non-hydrogen) atoms. The van der Waals surface area contributed by atoms with Gasteiger partial charge in [0.1, 0.15) is 7.85 Å². The average Bonchev–Trinajstić information content (AvgIpc) is 3.20. The van der Waals surface area contributed by atoms with E-state index in [1.54, 1.807) is 0 Å². The molecule has 0 amide bonds. The van der Waals surface area contributed by atoms with E-state index in [0.717, 1.165) is 5.69 Å². The summed E-state index contributed by atoms with van der Waals surface area (Å²) in [4.78, 5) is 2.42. The van der Waals surface area contributed by atoms with Gasteiger partial charge in [0.05, 0.1) is 5.69 Å². The molecule has 0 radical (unpaired) electrons. The van der Waals surface area contributed by atoms with E-state index in [0.29, 0.717) is 0 Å². The number of anilines is 3. The first-order chi connectivity index (χ1) is 19.0. The molecule has 0 heterocycles. The lowest BCUT2D eigenvalue weighted by atomic mass is 9.82. The first-order valence-corrected chi connectivity index (χ1v) is 13.7. The Morgan fingerprint density at radius 3 is 2.00 bits per heavy atom. The minimum Gasteiger partial charge on any atom is -0.310 e. The van der Waals surface area contributed by atoms with Crippen LogP contribution >= 0.6 is 0 Å². The number of nitrogens with zero attached hydrogens (tertiary/aromatic N) is 1. The van der Waals surface area contributed by atoms with Crippen LogP contribution in [-0.4, -0.2) is 7.85 Å². The summed E-state index contributed by atoms with van der Waals surface area (Å²) < 4.78 is 0. The fraction of sp³-hybridized carbons (Fsp3) is 0.0811. The van der Waals surface area contributed by atoms with Crippen molar-refractivity contribution in [3.8, 4) is 22.3 Å². The lowest BCUT2D eigenvalue weighted by Gasteiger charge is -2.29. The number of benzene rings is 6. The van der Waals surface area contributed by atoms with E-state index in [-0.39, 0.29) is 5.41 Å². The third-order valence-electron chi connectivity index (χ3n) is 8.41. The van der Waals surface area contributed by atoms with E-state index >= 15 is 0 Å². The molecule has 186 valence electrons. The quantitative estimate of drug-likeness (QED) is 0.220. The second-order valence-electron chi connectivity index (χ2n) is 11.1. The molecule has 0 aromatic heterocycles. The maximum atomic E-state index is 2.42. The van der Waals surface area contributed by atoms with Crippen LogP contribution < -0.4 is 10.4 Å². The molecule has 0 saturated heterocycles. The van der Waals surface area contributed by atoms with E-state index in [1.807, 2.05) is 0 Å². The first-order valence-electron chi connectivity index (χ1n) is 13.7. The van der Waals surface area contributed by atoms with Crippen molar-refractivity contribution in [3.05, 3.63) is 145 Å². The molecule has 7 rings (SSSR count). The molecule has 1 nitrogen and oxygen atoms in total. The predicted octanol–water partition coefficient (Wildman–Crippen LogP) is 8.54. The van der Waals surface area contributed by atoms with E-state index in [1.165, 1.54) is 61.0 Å². The summed E-state index contributed by atoms with van der Waals surface area (Å²) in [5.41, 5.74) is 12.7. The van der Waals surface area contributed by atoms with E-state index in [2.05, 4.69) is 160 Å². The Kier molecular flexibility index (Phi) is 5.45. The average molecular weight is 499 g/mol. The zero-order chi connectivity index (χ0) is 26.6. The molecule has 1 aliphatic rings. The molecular formula is C37H30BN. The molecule has 0 bridgehead atoms. The van der Waals surface area contributed by atoms with E-state index < -0.39 is 0 Å². The number of rotatable bonds is 4. The van der Waals surface area contributed by atoms with Gasteiger partial charge in [0, 0.05) is 22.2 Å². The normalized spacial score (nSPS) is 13.2. The lowest BCUT2D eigenvalue weighted by molar-refractivity contribution is 0.660. The minimum absolute atomic E-state index is 0.0545. The topological polar surface area (TPSA) is 3.24 Å². The number of fused-ring (bicyclic) bond motifs is 4. The second-order valence-corrected chi connectivity index (χ2v) is 11.1. The van der Waals surface area contributed by atoms with Crippen molar-refractivity contribution in [2.75, 3.05) is 4.90 Å². The van der Waals surface area contributed by atoms with Crippen LogP contribution in [-0.2, 0) is 5.41 Å². The van der Waals surface area contributed by atoms with Crippen molar-refractivity contribution < 1.29 is 0 Å². The molecule has 0 atom stereocenters. The summed E-state index contributed by atoms with van der Waals surface area (Å²) in [6.45, 7) is 4.70. The zero-order valence-corrected chi connectivity index (χ0v) is 22.6. The van der Waals surface area contributed by atoms with Gasteiger partial charge >= 0.3 is 0 Å². The van der Waals surface area contributed by atoms with Crippen LogP contribution in [0.2, 0.25) is 0 Å². The minimum atomic E-state index is -0.0545. The van der Waals surface area contributed by atoms with Crippen molar-refractivity contribution >= 4 is 41.1 Å². The van der Waals surface area contributed by atoms with Crippen LogP contribution in [0.5, 0.6) is 0 Å². The van der Waals surface area contributed by atoms with Crippen molar-refractivity contribution in [1.29, 1.82) is 0 Å². The summed E-state index contributed by atoms with van der Waals surface area (Å²) >= 11 is 0. The van der Waals surface area contributed by atoms with Gasteiger partial charge in [-0.15, -0.1) is 0 Å². The molecule has 0 unspecified atom stereocenters. The standard InChI is InChI=1S/C37H30BN/c1-37(2)33-15-7-5-14-31(33)32-23-22-28(24-34(32)37)39(36-17-9-11-25-10-3-4-13-30(25)36)27-20-18-26(19-21-27)29-12-6-8-16-35(29)38/h3-24H,38H2,1-2H3. The molecule has 0 spiro atoms. The Morgan fingerprint density at radius 1 is 0.538 bits per heavy atom. The third-order valence-corrected chi connectivity index (χ3v) is 8.41. The number of hydrogen-bond donors (Lipinski definition) is 0. The molecule has 2 heteroatoms. The monoisotopic (exact) mass is 499 g/mol. The molecular weight excluding hydrogens is 469 g/mol. The third kappa shape index (κ3) is 3.79. The van der Waals surface area contributed by atoms with Crippen molar-refractivity contribution in [3.63, 3.8) is 0 Å². The van der Waals surface area contributed by atoms with Gasteiger partial charge in [-0.25, -0.2) is 0 Å². The Labute approximate surface area is 231 Å². The van der Waals surface area contributed by atoms with Crippen molar-refractivity contribution in [2.45, 2.75) is 19.3 Å². The highest BCUT2D eigenvalue weighted by Gasteiger charge is 2.35. The van der Waals surface area contributed by atoms with Crippen LogP contribution in [0, 0.1) is 0 Å². The van der Waals surface area contributed by atoms with Crippen LogP contribution in [0.4, 0.5) is 17.1 Å². The van der Waals surface area contributed by atoms with E-state index in [4.69, 9.17) is 0 Å². The highest BCUT2D eigenvalue weighted by molar-refractivity contribution is 6.35. The summed E-state index contributed by atoms with van der Waals surface area (Å²) in [5, 5.41) is 2.48. The van der Waals surface area contributed by atoms with Crippen LogP contribution in [0.15, 0.2) is 133 Å².